The first-order valence-corrected chi connectivity index (χ1v) is 15.4. The third-order valence-corrected chi connectivity index (χ3v) is 8.61. The summed E-state index contributed by atoms with van der Waals surface area (Å²) in [5.41, 5.74) is 8.30. The molecule has 0 bridgehead atoms. The van der Waals surface area contributed by atoms with E-state index in [1.807, 2.05) is 100 Å². The van der Waals surface area contributed by atoms with E-state index in [1.165, 1.54) is 0 Å². The number of aryl methyl sites for hydroxylation is 4. The SMILES string of the molecule is [B]=COc1ccc(-c2ccc(OC(=O)C3CCC(C(=O)Oc4ccc(-c5ccc(OC=[B])cc5C)c(C)c4)CC3)cc2C)c(C)c1. The molecule has 0 aromatic heterocycles. The van der Waals surface area contributed by atoms with Crippen LogP contribution in [0.1, 0.15) is 47.9 Å². The second-order valence-corrected chi connectivity index (χ2v) is 11.8. The summed E-state index contributed by atoms with van der Waals surface area (Å²) in [5.74, 6) is 1.31. The Kier molecular flexibility index (Phi) is 10.4. The van der Waals surface area contributed by atoms with Crippen molar-refractivity contribution in [2.75, 3.05) is 0 Å². The van der Waals surface area contributed by atoms with Crippen molar-refractivity contribution in [2.24, 2.45) is 11.8 Å². The van der Waals surface area contributed by atoms with Gasteiger partial charge in [0, 0.05) is 0 Å². The van der Waals surface area contributed by atoms with Crippen LogP contribution >= 0.6 is 0 Å². The first-order chi connectivity index (χ1) is 22.2. The number of carbonyl (C=O) groups is 2. The number of esters is 2. The van der Waals surface area contributed by atoms with E-state index >= 15 is 0 Å². The monoisotopic (exact) mass is 610 g/mol. The second kappa shape index (κ2) is 14.6. The van der Waals surface area contributed by atoms with Crippen molar-refractivity contribution >= 4 is 39.2 Å². The molecule has 6 nitrogen and oxygen atoms in total. The Morgan fingerprint density at radius 2 is 0.804 bits per heavy atom. The molecule has 1 fully saturated rings. The van der Waals surface area contributed by atoms with Gasteiger partial charge in [0.15, 0.2) is 0 Å². The average molecular weight is 610 g/mol. The van der Waals surface area contributed by atoms with E-state index in [0.717, 1.165) is 56.8 Å². The Morgan fingerprint density at radius 1 is 0.522 bits per heavy atom. The summed E-state index contributed by atoms with van der Waals surface area (Å²) in [5, 5.41) is 0. The van der Waals surface area contributed by atoms with Gasteiger partial charge in [-0.3, -0.25) is 9.59 Å². The average Bonchev–Trinajstić information content (AvgIpc) is 3.03. The summed E-state index contributed by atoms with van der Waals surface area (Å²) in [7, 11) is 10.7. The van der Waals surface area contributed by atoms with Crippen molar-refractivity contribution < 1.29 is 28.5 Å². The predicted molar refractivity (Wildman–Crippen MR) is 184 cm³/mol. The number of benzene rings is 4. The van der Waals surface area contributed by atoms with Gasteiger partial charge in [-0.05, 0) is 25.7 Å². The zero-order valence-corrected chi connectivity index (χ0v) is 26.7. The number of carbonyl (C=O) groups excluding carboxylic acids is 2. The van der Waals surface area contributed by atoms with Gasteiger partial charge in [-0.2, -0.15) is 0 Å². The minimum atomic E-state index is -0.267. The Labute approximate surface area is 272 Å². The molecule has 0 N–H and O–H groups in total. The van der Waals surface area contributed by atoms with E-state index < -0.39 is 0 Å². The molecule has 0 saturated heterocycles. The first kappa shape index (κ1) is 32.7. The van der Waals surface area contributed by atoms with E-state index in [4.69, 9.17) is 33.9 Å². The first-order valence-electron chi connectivity index (χ1n) is 15.4. The fourth-order valence-electron chi connectivity index (χ4n) is 6.15. The Bertz CT molecular complexity index is 1660. The number of hydrogen-bond donors (Lipinski definition) is 0. The van der Waals surface area contributed by atoms with Crippen LogP contribution in [0.5, 0.6) is 23.0 Å². The molecule has 1 saturated carbocycles. The number of hydrogen-bond acceptors (Lipinski definition) is 6. The van der Waals surface area contributed by atoms with Crippen molar-refractivity contribution in [2.45, 2.75) is 53.4 Å². The van der Waals surface area contributed by atoms with Gasteiger partial charge in [-0.1, -0.05) is 0 Å². The van der Waals surface area contributed by atoms with Gasteiger partial charge in [0.05, 0.1) is 11.8 Å². The molecule has 4 aromatic carbocycles. The van der Waals surface area contributed by atoms with Crippen LogP contribution in [0, 0.1) is 39.5 Å². The Morgan fingerprint density at radius 3 is 1.09 bits per heavy atom. The van der Waals surface area contributed by atoms with E-state index in [0.29, 0.717) is 48.7 Å². The van der Waals surface area contributed by atoms with Crippen molar-refractivity contribution in [1.82, 2.24) is 0 Å². The number of ether oxygens (including phenoxy) is 4. The van der Waals surface area contributed by atoms with Crippen molar-refractivity contribution in [3.63, 3.8) is 0 Å². The molecule has 5 rings (SSSR count). The maximum atomic E-state index is 13.0. The van der Waals surface area contributed by atoms with Gasteiger partial charge in [-0.25, -0.2) is 0 Å². The standard InChI is InChI=1S/C38H36B2O6/c1-23-17-29(43-21-39)9-13-33(23)35-15-11-31(19-25(35)3)45-37(41)27-5-7-28(8-6-27)38(42)46-32-12-16-36(26(4)20-32)34-14-10-30(44-22-40)18-24(34)2/h9-22,27-28H,5-8H2,1-4H3. The molecule has 0 spiro atoms. The van der Waals surface area contributed by atoms with Gasteiger partial charge in [0.2, 0.25) is 0 Å². The maximum absolute atomic E-state index is 13.0. The molecule has 1 aliphatic rings. The summed E-state index contributed by atoms with van der Waals surface area (Å²) in [6.07, 6.45) is 4.60. The van der Waals surface area contributed by atoms with Gasteiger partial charge in [0.1, 0.15) is 0 Å². The van der Waals surface area contributed by atoms with Crippen LogP contribution in [-0.4, -0.2) is 39.2 Å². The second-order valence-electron chi connectivity index (χ2n) is 11.8. The van der Waals surface area contributed by atoms with Gasteiger partial charge >= 0.3 is 226 Å². The van der Waals surface area contributed by atoms with E-state index in [2.05, 4.69) is 0 Å². The molecule has 8 heteroatoms. The topological polar surface area (TPSA) is 71.1 Å². The Balaban J connectivity index is 1.14. The van der Waals surface area contributed by atoms with Crippen LogP contribution in [0.2, 0.25) is 0 Å². The normalized spacial score (nSPS) is 15.8. The zero-order chi connectivity index (χ0) is 32.8. The molecule has 0 atom stereocenters. The molecule has 0 heterocycles. The van der Waals surface area contributed by atoms with E-state index in [9.17, 15) is 9.59 Å². The van der Waals surface area contributed by atoms with Crippen LogP contribution in [-0.2, 0) is 9.59 Å². The Hall–Kier alpha value is -4.71. The minimum absolute atomic E-state index is 0.262. The quantitative estimate of drug-likeness (QED) is 0.108. The zero-order valence-electron chi connectivity index (χ0n) is 26.7. The van der Waals surface area contributed by atoms with Crippen LogP contribution < -0.4 is 18.9 Å². The van der Waals surface area contributed by atoms with Crippen LogP contribution in [0.3, 0.4) is 0 Å². The van der Waals surface area contributed by atoms with E-state index in [1.54, 1.807) is 0 Å². The molecular formula is C38H36B2O6. The molecule has 0 unspecified atom stereocenters. The molecule has 46 heavy (non-hydrogen) atoms. The fraction of sp³-hybridized carbons (Fsp3) is 0.263. The van der Waals surface area contributed by atoms with E-state index in [-0.39, 0.29) is 23.8 Å². The fourth-order valence-corrected chi connectivity index (χ4v) is 6.15. The summed E-state index contributed by atoms with van der Waals surface area (Å²) in [4.78, 5) is 26.1. The van der Waals surface area contributed by atoms with Crippen LogP contribution in [0.25, 0.3) is 22.3 Å². The number of rotatable bonds is 10. The third kappa shape index (κ3) is 7.56. The van der Waals surface area contributed by atoms with Gasteiger partial charge < -0.3 is 0 Å². The van der Waals surface area contributed by atoms with Gasteiger partial charge in [-0.15, -0.1) is 0 Å². The molecule has 2 radical (unpaired) electrons. The molecular weight excluding hydrogens is 574 g/mol. The molecule has 4 aromatic rings. The summed E-state index contributed by atoms with van der Waals surface area (Å²) in [6, 6.07) is 22.9. The third-order valence-electron chi connectivity index (χ3n) is 8.61. The van der Waals surface area contributed by atoms with Crippen molar-refractivity contribution in [1.29, 1.82) is 0 Å². The molecule has 0 amide bonds. The molecule has 230 valence electrons. The molecule has 1 aliphatic carbocycles. The van der Waals surface area contributed by atoms with Crippen molar-refractivity contribution in [3.8, 4) is 45.3 Å². The molecule has 0 aliphatic heterocycles. The van der Waals surface area contributed by atoms with Gasteiger partial charge in [0.25, 0.3) is 0 Å². The van der Waals surface area contributed by atoms with Crippen LogP contribution in [0.15, 0.2) is 72.8 Å². The van der Waals surface area contributed by atoms with Crippen molar-refractivity contribution in [3.05, 3.63) is 95.1 Å². The summed E-state index contributed by atoms with van der Waals surface area (Å²) in [6.45, 7) is 8.01. The summed E-state index contributed by atoms with van der Waals surface area (Å²) < 4.78 is 22.1. The summed E-state index contributed by atoms with van der Waals surface area (Å²) >= 11 is 0. The van der Waals surface area contributed by atoms with Crippen LogP contribution in [0.4, 0.5) is 0 Å². The predicted octanol–water partition coefficient (Wildman–Crippen LogP) is 7.19.